The van der Waals surface area contributed by atoms with E-state index in [9.17, 15) is 4.79 Å². The van der Waals surface area contributed by atoms with E-state index < -0.39 is 0 Å². The summed E-state index contributed by atoms with van der Waals surface area (Å²) in [4.78, 5) is 13.8. The van der Waals surface area contributed by atoms with Gasteiger partial charge in [-0.3, -0.25) is 4.79 Å². The van der Waals surface area contributed by atoms with Crippen LogP contribution in [0.25, 0.3) is 10.4 Å². The molecule has 0 heterocycles. The van der Waals surface area contributed by atoms with Crippen LogP contribution in [-0.2, 0) is 9.53 Å². The summed E-state index contributed by atoms with van der Waals surface area (Å²) in [5.74, 6) is -0.476. The highest BCUT2D eigenvalue weighted by molar-refractivity contribution is 5.73. The Hall–Kier alpha value is -1.22. The summed E-state index contributed by atoms with van der Waals surface area (Å²) < 4.78 is 4.59. The van der Waals surface area contributed by atoms with Crippen LogP contribution in [0.2, 0.25) is 0 Å². The van der Waals surface area contributed by atoms with Gasteiger partial charge in [0.15, 0.2) is 0 Å². The lowest BCUT2D eigenvalue weighted by atomic mass is 10.1. The molecule has 0 aromatic rings. The van der Waals surface area contributed by atoms with Crippen molar-refractivity contribution in [1.29, 1.82) is 0 Å². The normalized spacial score (nSPS) is 27.8. The summed E-state index contributed by atoms with van der Waals surface area (Å²) in [6.07, 6.45) is 2.50. The van der Waals surface area contributed by atoms with Crippen molar-refractivity contribution in [3.63, 3.8) is 0 Å². The number of hydrogen-bond donors (Lipinski definition) is 0. The molecule has 0 amide bonds. The van der Waals surface area contributed by atoms with Crippen LogP contribution in [0.15, 0.2) is 5.11 Å². The topological polar surface area (TPSA) is 75.1 Å². The van der Waals surface area contributed by atoms with Gasteiger partial charge in [-0.15, -0.1) is 0 Å². The maximum atomic E-state index is 11.1. The lowest BCUT2D eigenvalue weighted by Crippen LogP contribution is -2.22. The molecule has 0 aromatic heterocycles. The molecule has 1 fully saturated rings. The summed E-state index contributed by atoms with van der Waals surface area (Å²) in [5.41, 5.74) is 8.21. The monoisotopic (exact) mass is 169 g/mol. The van der Waals surface area contributed by atoms with Gasteiger partial charge in [0.25, 0.3) is 0 Å². The first-order valence-electron chi connectivity index (χ1n) is 3.91. The number of ether oxygens (including phenoxy) is 1. The van der Waals surface area contributed by atoms with E-state index in [1.54, 1.807) is 0 Å². The predicted molar refractivity (Wildman–Crippen MR) is 42.3 cm³/mol. The van der Waals surface area contributed by atoms with E-state index in [1.807, 2.05) is 0 Å². The molecule has 5 nitrogen and oxygen atoms in total. The minimum absolute atomic E-state index is 0.192. The van der Waals surface area contributed by atoms with Crippen molar-refractivity contribution in [2.45, 2.75) is 25.3 Å². The van der Waals surface area contributed by atoms with Crippen LogP contribution in [0.5, 0.6) is 0 Å². The predicted octanol–water partition coefficient (Wildman–Crippen LogP) is 1.64. The molecule has 1 aliphatic rings. The summed E-state index contributed by atoms with van der Waals surface area (Å²) in [6, 6.07) is -0.192. The summed E-state index contributed by atoms with van der Waals surface area (Å²) >= 11 is 0. The number of esters is 1. The second-order valence-corrected chi connectivity index (χ2v) is 2.83. The van der Waals surface area contributed by atoms with Crippen molar-refractivity contribution in [2.24, 2.45) is 11.0 Å². The van der Waals surface area contributed by atoms with Crippen molar-refractivity contribution in [1.82, 2.24) is 0 Å². The van der Waals surface area contributed by atoms with E-state index >= 15 is 0 Å². The molecular weight excluding hydrogens is 158 g/mol. The van der Waals surface area contributed by atoms with Crippen LogP contribution < -0.4 is 0 Å². The Morgan fingerprint density at radius 2 is 2.42 bits per heavy atom. The van der Waals surface area contributed by atoms with Gasteiger partial charge in [-0.2, -0.15) is 0 Å². The Labute approximate surface area is 70.3 Å². The fourth-order valence-corrected chi connectivity index (χ4v) is 1.57. The number of hydrogen-bond acceptors (Lipinski definition) is 3. The van der Waals surface area contributed by atoms with Crippen LogP contribution in [0.3, 0.4) is 0 Å². The SMILES string of the molecule is COC(=O)C1CCCC1N=[N+]=[N-]. The van der Waals surface area contributed by atoms with Gasteiger partial charge >= 0.3 is 5.97 Å². The zero-order valence-corrected chi connectivity index (χ0v) is 6.93. The van der Waals surface area contributed by atoms with Gasteiger partial charge in [0, 0.05) is 4.91 Å². The van der Waals surface area contributed by atoms with E-state index in [-0.39, 0.29) is 17.9 Å². The molecule has 0 spiro atoms. The van der Waals surface area contributed by atoms with E-state index in [2.05, 4.69) is 14.8 Å². The first kappa shape index (κ1) is 8.87. The first-order chi connectivity index (χ1) is 5.79. The highest BCUT2D eigenvalue weighted by Crippen LogP contribution is 2.29. The van der Waals surface area contributed by atoms with Crippen molar-refractivity contribution in [3.8, 4) is 0 Å². The van der Waals surface area contributed by atoms with Crippen molar-refractivity contribution in [2.75, 3.05) is 7.11 Å². The average molecular weight is 169 g/mol. The van der Waals surface area contributed by atoms with E-state index in [0.717, 1.165) is 19.3 Å². The number of methoxy groups -OCH3 is 1. The third-order valence-electron chi connectivity index (χ3n) is 2.18. The van der Waals surface area contributed by atoms with Crippen molar-refractivity contribution < 1.29 is 9.53 Å². The largest absolute Gasteiger partial charge is 0.469 e. The molecule has 66 valence electrons. The number of carbonyl (C=O) groups is 1. The second-order valence-electron chi connectivity index (χ2n) is 2.83. The van der Waals surface area contributed by atoms with Gasteiger partial charge in [-0.1, -0.05) is 11.5 Å². The van der Waals surface area contributed by atoms with Crippen LogP contribution in [0, 0.1) is 5.92 Å². The molecular formula is C7H11N3O2. The van der Waals surface area contributed by atoms with Gasteiger partial charge in [-0.25, -0.2) is 0 Å². The van der Waals surface area contributed by atoms with Crippen molar-refractivity contribution >= 4 is 5.97 Å². The number of nitrogens with zero attached hydrogens (tertiary/aromatic N) is 3. The first-order valence-corrected chi connectivity index (χ1v) is 3.91. The van der Waals surface area contributed by atoms with Crippen LogP contribution in [-0.4, -0.2) is 19.1 Å². The number of carbonyl (C=O) groups excluding carboxylic acids is 1. The molecule has 0 radical (unpaired) electrons. The molecule has 1 rings (SSSR count). The highest BCUT2D eigenvalue weighted by Gasteiger charge is 2.32. The molecule has 5 heteroatoms. The summed E-state index contributed by atoms with van der Waals surface area (Å²) in [5, 5.41) is 3.55. The molecule has 12 heavy (non-hydrogen) atoms. The lowest BCUT2D eigenvalue weighted by Gasteiger charge is -2.10. The van der Waals surface area contributed by atoms with Gasteiger partial charge in [0.05, 0.1) is 19.1 Å². The standard InChI is InChI=1S/C7H11N3O2/c1-12-7(11)5-3-2-4-6(5)9-10-8/h5-6H,2-4H2,1H3. The van der Waals surface area contributed by atoms with Crippen molar-refractivity contribution in [3.05, 3.63) is 10.4 Å². The lowest BCUT2D eigenvalue weighted by molar-refractivity contribution is -0.145. The van der Waals surface area contributed by atoms with E-state index in [4.69, 9.17) is 5.53 Å². The molecule has 2 atom stereocenters. The zero-order chi connectivity index (χ0) is 8.97. The van der Waals surface area contributed by atoms with Gasteiger partial charge < -0.3 is 4.74 Å². The molecule has 1 saturated carbocycles. The van der Waals surface area contributed by atoms with Crippen LogP contribution >= 0.6 is 0 Å². The Morgan fingerprint density at radius 3 is 3.00 bits per heavy atom. The highest BCUT2D eigenvalue weighted by atomic mass is 16.5. The van der Waals surface area contributed by atoms with E-state index in [1.165, 1.54) is 7.11 Å². The molecule has 0 N–H and O–H groups in total. The maximum Gasteiger partial charge on any atom is 0.309 e. The maximum absolute atomic E-state index is 11.1. The number of rotatable bonds is 2. The molecule has 0 aromatic carbocycles. The van der Waals surface area contributed by atoms with Crippen LogP contribution in [0.4, 0.5) is 0 Å². The Morgan fingerprint density at radius 1 is 1.67 bits per heavy atom. The van der Waals surface area contributed by atoms with Gasteiger partial charge in [0.1, 0.15) is 0 Å². The third kappa shape index (κ3) is 1.68. The van der Waals surface area contributed by atoms with Gasteiger partial charge in [-0.05, 0) is 18.4 Å². The minimum atomic E-state index is -0.259. The average Bonchev–Trinajstić information content (AvgIpc) is 2.52. The fourth-order valence-electron chi connectivity index (χ4n) is 1.57. The minimum Gasteiger partial charge on any atom is -0.469 e. The smallest absolute Gasteiger partial charge is 0.309 e. The molecule has 0 bridgehead atoms. The van der Waals surface area contributed by atoms with E-state index in [0.29, 0.717) is 0 Å². The Bertz CT molecular complexity index is 223. The number of azide groups is 1. The Balaban J connectivity index is 2.63. The summed E-state index contributed by atoms with van der Waals surface area (Å²) in [7, 11) is 1.35. The zero-order valence-electron chi connectivity index (χ0n) is 6.93. The molecule has 0 aliphatic heterocycles. The summed E-state index contributed by atoms with van der Waals surface area (Å²) in [6.45, 7) is 0. The van der Waals surface area contributed by atoms with Gasteiger partial charge in [0.2, 0.25) is 0 Å². The molecule has 1 aliphatic carbocycles. The Kier molecular flexibility index (Phi) is 2.94. The van der Waals surface area contributed by atoms with Crippen LogP contribution in [0.1, 0.15) is 19.3 Å². The second kappa shape index (κ2) is 3.97. The molecule has 0 saturated heterocycles. The quantitative estimate of drug-likeness (QED) is 0.272. The fraction of sp³-hybridized carbons (Fsp3) is 0.857. The third-order valence-corrected chi connectivity index (χ3v) is 2.18. The molecule has 2 unspecified atom stereocenters.